The van der Waals surface area contributed by atoms with Gasteiger partial charge in [0.15, 0.2) is 0 Å². The molecule has 122 valence electrons. The maximum atomic E-state index is 12.6. The van der Waals surface area contributed by atoms with Crippen molar-refractivity contribution >= 4 is 27.3 Å². The van der Waals surface area contributed by atoms with Crippen LogP contribution in [0.1, 0.15) is 28.1 Å². The first-order valence-electron chi connectivity index (χ1n) is 7.44. The monoisotopic (exact) mass is 344 g/mol. The van der Waals surface area contributed by atoms with E-state index in [0.29, 0.717) is 18.7 Å². The standard InChI is InChI=1S/C14H20N2O4S2/c1-10-8-12(21-13(10)14(17)18)22(19,20)16-6-4-15(5-7-16)9-11-2-3-11/h8,11H,2-7,9H2,1H3,(H,17,18). The largest absolute Gasteiger partial charge is 0.477 e. The van der Waals surface area contributed by atoms with E-state index in [9.17, 15) is 13.2 Å². The first kappa shape index (κ1) is 15.9. The molecule has 0 atom stereocenters. The molecular formula is C14H20N2O4S2. The maximum absolute atomic E-state index is 12.6. The van der Waals surface area contributed by atoms with Crippen molar-refractivity contribution in [3.05, 3.63) is 16.5 Å². The summed E-state index contributed by atoms with van der Waals surface area (Å²) >= 11 is 0.847. The molecule has 0 unspecified atom stereocenters. The average molecular weight is 344 g/mol. The fourth-order valence-corrected chi connectivity index (χ4v) is 5.69. The van der Waals surface area contributed by atoms with Gasteiger partial charge in [0.1, 0.15) is 9.09 Å². The number of carboxylic acid groups (broad SMARTS) is 1. The molecule has 6 nitrogen and oxygen atoms in total. The minimum atomic E-state index is -3.57. The highest BCUT2D eigenvalue weighted by Crippen LogP contribution is 2.31. The Kier molecular flexibility index (Phi) is 4.28. The van der Waals surface area contributed by atoms with E-state index in [-0.39, 0.29) is 9.09 Å². The minimum absolute atomic E-state index is 0.103. The maximum Gasteiger partial charge on any atom is 0.346 e. The van der Waals surface area contributed by atoms with Gasteiger partial charge in [-0.15, -0.1) is 11.3 Å². The molecule has 1 aliphatic carbocycles. The quantitative estimate of drug-likeness (QED) is 0.875. The molecule has 1 saturated heterocycles. The van der Waals surface area contributed by atoms with Crippen LogP contribution in [0.2, 0.25) is 0 Å². The van der Waals surface area contributed by atoms with Crippen molar-refractivity contribution in [3.8, 4) is 0 Å². The van der Waals surface area contributed by atoms with Crippen LogP contribution in [-0.4, -0.2) is 61.4 Å². The van der Waals surface area contributed by atoms with E-state index in [1.54, 1.807) is 6.92 Å². The van der Waals surface area contributed by atoms with Gasteiger partial charge in [-0.25, -0.2) is 13.2 Å². The van der Waals surface area contributed by atoms with Crippen LogP contribution in [0, 0.1) is 12.8 Å². The van der Waals surface area contributed by atoms with E-state index in [0.717, 1.165) is 36.9 Å². The highest BCUT2D eigenvalue weighted by Gasteiger charge is 2.32. The van der Waals surface area contributed by atoms with E-state index in [1.807, 2.05) is 0 Å². The zero-order valence-corrected chi connectivity index (χ0v) is 14.1. The van der Waals surface area contributed by atoms with Crippen molar-refractivity contribution in [1.29, 1.82) is 0 Å². The Morgan fingerprint density at radius 3 is 2.45 bits per heavy atom. The number of carbonyl (C=O) groups is 1. The van der Waals surface area contributed by atoms with Crippen LogP contribution in [0.4, 0.5) is 0 Å². The second-order valence-electron chi connectivity index (χ2n) is 6.03. The fraction of sp³-hybridized carbons (Fsp3) is 0.643. The van der Waals surface area contributed by atoms with Crippen LogP contribution in [0.25, 0.3) is 0 Å². The molecule has 22 heavy (non-hydrogen) atoms. The SMILES string of the molecule is Cc1cc(S(=O)(=O)N2CCN(CC3CC3)CC2)sc1C(=O)O. The number of carboxylic acids is 1. The average Bonchev–Trinajstić information content (AvgIpc) is 3.18. The summed E-state index contributed by atoms with van der Waals surface area (Å²) in [6.07, 6.45) is 2.59. The molecule has 8 heteroatoms. The van der Waals surface area contributed by atoms with Crippen molar-refractivity contribution in [3.63, 3.8) is 0 Å². The Bertz CT molecular complexity index is 671. The summed E-state index contributed by atoms with van der Waals surface area (Å²) in [6, 6.07) is 1.47. The smallest absolute Gasteiger partial charge is 0.346 e. The Morgan fingerprint density at radius 1 is 1.32 bits per heavy atom. The van der Waals surface area contributed by atoms with Gasteiger partial charge in [0.05, 0.1) is 0 Å². The minimum Gasteiger partial charge on any atom is -0.477 e. The molecular weight excluding hydrogens is 324 g/mol. The van der Waals surface area contributed by atoms with Crippen molar-refractivity contribution in [2.45, 2.75) is 24.0 Å². The Labute approximate surface area is 134 Å². The summed E-state index contributed by atoms with van der Waals surface area (Å²) in [6.45, 7) is 5.18. The van der Waals surface area contributed by atoms with Crippen molar-refractivity contribution < 1.29 is 18.3 Å². The van der Waals surface area contributed by atoms with Crippen LogP contribution in [0.5, 0.6) is 0 Å². The van der Waals surface area contributed by atoms with Crippen LogP contribution in [-0.2, 0) is 10.0 Å². The molecule has 2 fully saturated rings. The molecule has 0 amide bonds. The molecule has 3 rings (SSSR count). The fourth-order valence-electron chi connectivity index (χ4n) is 2.74. The van der Waals surface area contributed by atoms with Crippen LogP contribution in [0.3, 0.4) is 0 Å². The number of thiophene rings is 1. The zero-order chi connectivity index (χ0) is 15.9. The predicted octanol–water partition coefficient (Wildman–Crippen LogP) is 1.47. The zero-order valence-electron chi connectivity index (χ0n) is 12.5. The summed E-state index contributed by atoms with van der Waals surface area (Å²) in [7, 11) is -3.57. The Hall–Kier alpha value is -0.960. The van der Waals surface area contributed by atoms with E-state index < -0.39 is 16.0 Å². The number of nitrogens with zero attached hydrogens (tertiary/aromatic N) is 2. The number of piperazine rings is 1. The van der Waals surface area contributed by atoms with Gasteiger partial charge in [-0.3, -0.25) is 0 Å². The summed E-state index contributed by atoms with van der Waals surface area (Å²) in [4.78, 5) is 13.5. The number of hydrogen-bond acceptors (Lipinski definition) is 5. The highest BCUT2D eigenvalue weighted by atomic mass is 32.2. The molecule has 0 spiro atoms. The molecule has 1 aliphatic heterocycles. The van der Waals surface area contributed by atoms with Gasteiger partial charge < -0.3 is 10.0 Å². The summed E-state index contributed by atoms with van der Waals surface area (Å²) in [5.74, 6) is -0.264. The van der Waals surface area contributed by atoms with Crippen LogP contribution >= 0.6 is 11.3 Å². The lowest BCUT2D eigenvalue weighted by atomic mass is 10.3. The van der Waals surface area contributed by atoms with Crippen molar-refractivity contribution in [2.24, 2.45) is 5.92 Å². The summed E-state index contributed by atoms with van der Waals surface area (Å²) in [5.41, 5.74) is 0.503. The van der Waals surface area contributed by atoms with Gasteiger partial charge in [-0.2, -0.15) is 4.31 Å². The van der Waals surface area contributed by atoms with E-state index in [1.165, 1.54) is 23.2 Å². The summed E-state index contributed by atoms with van der Waals surface area (Å²) in [5, 5.41) is 9.07. The van der Waals surface area contributed by atoms with E-state index >= 15 is 0 Å². The molecule has 0 radical (unpaired) electrons. The molecule has 1 N–H and O–H groups in total. The third-order valence-electron chi connectivity index (χ3n) is 4.23. The topological polar surface area (TPSA) is 77.9 Å². The van der Waals surface area contributed by atoms with E-state index in [4.69, 9.17) is 5.11 Å². The number of aromatic carboxylic acids is 1. The molecule has 1 saturated carbocycles. The highest BCUT2D eigenvalue weighted by molar-refractivity contribution is 7.91. The second-order valence-corrected chi connectivity index (χ2v) is 9.25. The number of aryl methyl sites for hydroxylation is 1. The van der Waals surface area contributed by atoms with E-state index in [2.05, 4.69) is 4.90 Å². The first-order valence-corrected chi connectivity index (χ1v) is 9.70. The van der Waals surface area contributed by atoms with Gasteiger partial charge in [0.25, 0.3) is 10.0 Å². The third kappa shape index (κ3) is 3.19. The third-order valence-corrected chi connectivity index (χ3v) is 7.80. The number of sulfonamides is 1. The lowest BCUT2D eigenvalue weighted by Crippen LogP contribution is -2.48. The lowest BCUT2D eigenvalue weighted by molar-refractivity contribution is 0.0701. The van der Waals surface area contributed by atoms with Crippen LogP contribution in [0.15, 0.2) is 10.3 Å². The Morgan fingerprint density at radius 2 is 1.95 bits per heavy atom. The van der Waals surface area contributed by atoms with Gasteiger partial charge in [0, 0.05) is 32.7 Å². The Balaban J connectivity index is 1.70. The lowest BCUT2D eigenvalue weighted by Gasteiger charge is -2.33. The molecule has 1 aromatic rings. The van der Waals surface area contributed by atoms with Gasteiger partial charge in [-0.05, 0) is 37.3 Å². The molecule has 0 aromatic carbocycles. The first-order chi connectivity index (χ1) is 10.4. The molecule has 2 heterocycles. The predicted molar refractivity (Wildman–Crippen MR) is 83.9 cm³/mol. The number of rotatable bonds is 5. The van der Waals surface area contributed by atoms with Crippen LogP contribution < -0.4 is 0 Å². The van der Waals surface area contributed by atoms with Crippen molar-refractivity contribution in [2.75, 3.05) is 32.7 Å². The number of hydrogen-bond donors (Lipinski definition) is 1. The van der Waals surface area contributed by atoms with Gasteiger partial charge in [0.2, 0.25) is 0 Å². The molecule has 0 bridgehead atoms. The molecule has 1 aromatic heterocycles. The normalized spacial score (nSPS) is 21.1. The van der Waals surface area contributed by atoms with Gasteiger partial charge >= 0.3 is 5.97 Å². The van der Waals surface area contributed by atoms with Gasteiger partial charge in [-0.1, -0.05) is 0 Å². The molecule has 2 aliphatic rings. The second kappa shape index (κ2) is 5.92. The summed E-state index contributed by atoms with van der Waals surface area (Å²) < 4.78 is 26.9. The van der Waals surface area contributed by atoms with Crippen molar-refractivity contribution in [1.82, 2.24) is 9.21 Å².